The van der Waals surface area contributed by atoms with E-state index in [2.05, 4.69) is 20.6 Å². The Morgan fingerprint density at radius 2 is 2.11 bits per heavy atom. The molecule has 0 spiro atoms. The zero-order chi connectivity index (χ0) is 19.7. The van der Waals surface area contributed by atoms with Crippen molar-refractivity contribution < 1.29 is 14.3 Å². The predicted octanol–water partition coefficient (Wildman–Crippen LogP) is 2.02. The average molecular weight is 403 g/mol. The molecule has 3 saturated carbocycles. The highest BCUT2D eigenvalue weighted by molar-refractivity contribution is 6.22. The number of halogens is 1. The Kier molecular flexibility index (Phi) is 5.10. The number of carbonyl (C=O) groups is 2. The Morgan fingerprint density at radius 1 is 1.29 bits per heavy atom. The van der Waals surface area contributed by atoms with Crippen molar-refractivity contribution >= 4 is 23.4 Å². The van der Waals surface area contributed by atoms with Gasteiger partial charge in [-0.3, -0.25) is 14.6 Å². The number of alkyl halides is 1. The fourth-order valence-corrected chi connectivity index (χ4v) is 4.38. The summed E-state index contributed by atoms with van der Waals surface area (Å²) < 4.78 is 5.54. The molecule has 4 aliphatic rings. The summed E-state index contributed by atoms with van der Waals surface area (Å²) in [7, 11) is 0. The van der Waals surface area contributed by atoms with E-state index in [1.807, 2.05) is 19.1 Å². The summed E-state index contributed by atoms with van der Waals surface area (Å²) in [6.07, 6.45) is 11.8. The minimum absolute atomic E-state index is 0.0106. The van der Waals surface area contributed by atoms with Gasteiger partial charge in [-0.1, -0.05) is 6.08 Å². The first-order valence-corrected chi connectivity index (χ1v) is 9.92. The maximum Gasteiger partial charge on any atom is 0.271 e. The SMILES string of the molecule is Cc1cnc(C(=O)NC2CC3(NC(=O)COC4=CCC(Cl)C=C4)CC2C3)cn1. The maximum absolute atomic E-state index is 12.4. The second kappa shape index (κ2) is 7.54. The lowest BCUT2D eigenvalue weighted by Gasteiger charge is -2.39. The number of fused-ring (bicyclic) bond motifs is 1. The van der Waals surface area contributed by atoms with Gasteiger partial charge < -0.3 is 15.4 Å². The van der Waals surface area contributed by atoms with Crippen LogP contribution in [0.25, 0.3) is 0 Å². The number of amides is 2. The molecule has 2 N–H and O–H groups in total. The highest BCUT2D eigenvalue weighted by Gasteiger charge is 2.57. The maximum atomic E-state index is 12.4. The van der Waals surface area contributed by atoms with E-state index in [4.69, 9.17) is 16.3 Å². The molecule has 1 aromatic heterocycles. The van der Waals surface area contributed by atoms with Gasteiger partial charge in [0.2, 0.25) is 0 Å². The fraction of sp³-hybridized carbons (Fsp3) is 0.500. The number of hydrogen-bond acceptors (Lipinski definition) is 5. The standard InChI is InChI=1S/C20H23ClN4O3/c1-12-9-23-17(10-22-12)19(27)24-16-8-20(6-13(16)7-20)25-18(26)11-28-15-4-2-14(21)3-5-15/h2,4-5,9-10,13-14,16H,3,6-8,11H2,1H3,(H,24,27)(H,25,26). The van der Waals surface area contributed by atoms with Crippen molar-refractivity contribution in [2.24, 2.45) is 5.92 Å². The minimum atomic E-state index is -0.236. The number of ether oxygens (including phenoxy) is 1. The normalized spacial score (nSPS) is 30.2. The van der Waals surface area contributed by atoms with Gasteiger partial charge in [-0.15, -0.1) is 11.6 Å². The van der Waals surface area contributed by atoms with Crippen LogP contribution >= 0.6 is 11.6 Å². The Labute approximate surface area is 168 Å². The number of hydrogen-bond donors (Lipinski definition) is 2. The van der Waals surface area contributed by atoms with Crippen LogP contribution in [-0.4, -0.2) is 45.3 Å². The third-order valence-corrected chi connectivity index (χ3v) is 5.93. The molecule has 4 aliphatic carbocycles. The number of carbonyl (C=O) groups excluding carboxylic acids is 2. The monoisotopic (exact) mass is 402 g/mol. The quantitative estimate of drug-likeness (QED) is 0.710. The van der Waals surface area contributed by atoms with E-state index in [1.54, 1.807) is 12.3 Å². The molecule has 2 amide bonds. The number of rotatable bonds is 6. The van der Waals surface area contributed by atoms with Crippen molar-refractivity contribution in [1.29, 1.82) is 0 Å². The molecule has 28 heavy (non-hydrogen) atoms. The van der Waals surface area contributed by atoms with E-state index in [0.717, 1.165) is 25.0 Å². The summed E-state index contributed by atoms with van der Waals surface area (Å²) in [6.45, 7) is 1.80. The molecule has 5 rings (SSSR count). The van der Waals surface area contributed by atoms with Crippen LogP contribution in [0.4, 0.5) is 0 Å². The summed E-state index contributed by atoms with van der Waals surface area (Å²) in [5.74, 6) is 0.695. The molecule has 0 aromatic carbocycles. The molecule has 1 aromatic rings. The molecule has 0 aliphatic heterocycles. The molecule has 7 nitrogen and oxygen atoms in total. The number of nitrogens with zero attached hydrogens (tertiary/aromatic N) is 2. The zero-order valence-electron chi connectivity index (χ0n) is 15.7. The van der Waals surface area contributed by atoms with Crippen LogP contribution in [0.1, 0.15) is 41.9 Å². The number of aryl methyl sites for hydroxylation is 1. The van der Waals surface area contributed by atoms with Gasteiger partial charge in [0, 0.05) is 17.8 Å². The van der Waals surface area contributed by atoms with E-state index in [9.17, 15) is 9.59 Å². The third kappa shape index (κ3) is 4.04. The smallest absolute Gasteiger partial charge is 0.271 e. The molecular formula is C20H23ClN4O3. The fourth-order valence-electron chi connectivity index (χ4n) is 4.22. The third-order valence-electron chi connectivity index (χ3n) is 5.60. The summed E-state index contributed by atoms with van der Waals surface area (Å²) in [6, 6.07) is 0.0430. The highest BCUT2D eigenvalue weighted by Crippen LogP contribution is 2.52. The van der Waals surface area contributed by atoms with Gasteiger partial charge >= 0.3 is 0 Å². The van der Waals surface area contributed by atoms with Crippen molar-refractivity contribution in [3.05, 3.63) is 47.8 Å². The summed E-state index contributed by atoms with van der Waals surface area (Å²) >= 11 is 5.97. The molecule has 3 fully saturated rings. The molecule has 148 valence electrons. The van der Waals surface area contributed by atoms with Crippen molar-refractivity contribution in [1.82, 2.24) is 20.6 Å². The Morgan fingerprint density at radius 3 is 2.79 bits per heavy atom. The minimum Gasteiger partial charge on any atom is -0.484 e. The predicted molar refractivity (Wildman–Crippen MR) is 104 cm³/mol. The van der Waals surface area contributed by atoms with Crippen LogP contribution in [-0.2, 0) is 9.53 Å². The first-order valence-electron chi connectivity index (χ1n) is 9.48. The Bertz CT molecular complexity index is 830. The van der Waals surface area contributed by atoms with Crippen LogP contribution in [0, 0.1) is 12.8 Å². The molecular weight excluding hydrogens is 380 g/mol. The second-order valence-electron chi connectivity index (χ2n) is 7.83. The Balaban J connectivity index is 1.25. The van der Waals surface area contributed by atoms with Gasteiger partial charge in [0.15, 0.2) is 6.61 Å². The lowest BCUT2D eigenvalue weighted by molar-refractivity contribution is -0.127. The molecule has 8 heteroatoms. The lowest BCUT2D eigenvalue weighted by Crippen LogP contribution is -2.52. The largest absolute Gasteiger partial charge is 0.484 e. The zero-order valence-corrected chi connectivity index (χ0v) is 16.4. The summed E-state index contributed by atoms with van der Waals surface area (Å²) in [4.78, 5) is 32.9. The number of nitrogens with one attached hydrogen (secondary N) is 2. The van der Waals surface area contributed by atoms with Gasteiger partial charge in [-0.25, -0.2) is 4.98 Å². The van der Waals surface area contributed by atoms with Gasteiger partial charge in [0.1, 0.15) is 11.5 Å². The van der Waals surface area contributed by atoms with Crippen LogP contribution in [0.15, 0.2) is 36.4 Å². The first-order chi connectivity index (χ1) is 13.4. The van der Waals surface area contributed by atoms with Gasteiger partial charge in [0.25, 0.3) is 11.8 Å². The van der Waals surface area contributed by atoms with Crippen LogP contribution in [0.2, 0.25) is 0 Å². The van der Waals surface area contributed by atoms with E-state index in [0.29, 0.717) is 23.8 Å². The number of aromatic nitrogens is 2. The topological polar surface area (TPSA) is 93.2 Å². The van der Waals surface area contributed by atoms with Crippen LogP contribution in [0.5, 0.6) is 0 Å². The van der Waals surface area contributed by atoms with Gasteiger partial charge in [-0.2, -0.15) is 0 Å². The van der Waals surface area contributed by atoms with E-state index >= 15 is 0 Å². The molecule has 2 bridgehead atoms. The summed E-state index contributed by atoms with van der Waals surface area (Å²) in [5, 5.41) is 6.13. The van der Waals surface area contributed by atoms with Gasteiger partial charge in [0.05, 0.1) is 17.3 Å². The second-order valence-corrected chi connectivity index (χ2v) is 8.39. The van der Waals surface area contributed by atoms with Crippen molar-refractivity contribution in [3.63, 3.8) is 0 Å². The van der Waals surface area contributed by atoms with Crippen LogP contribution < -0.4 is 10.6 Å². The molecule has 2 unspecified atom stereocenters. The average Bonchev–Trinajstić information content (AvgIpc) is 3.15. The number of allylic oxidation sites excluding steroid dienone is 3. The van der Waals surface area contributed by atoms with Crippen molar-refractivity contribution in [3.8, 4) is 0 Å². The van der Waals surface area contributed by atoms with Crippen molar-refractivity contribution in [2.45, 2.75) is 49.6 Å². The van der Waals surface area contributed by atoms with Crippen LogP contribution in [0.3, 0.4) is 0 Å². The Hall–Kier alpha value is -2.41. The molecule has 0 radical (unpaired) electrons. The molecule has 2 atom stereocenters. The van der Waals surface area contributed by atoms with E-state index in [1.165, 1.54) is 6.20 Å². The van der Waals surface area contributed by atoms with E-state index in [-0.39, 0.29) is 35.4 Å². The molecule has 1 heterocycles. The highest BCUT2D eigenvalue weighted by atomic mass is 35.5. The van der Waals surface area contributed by atoms with E-state index < -0.39 is 0 Å². The molecule has 0 saturated heterocycles. The lowest BCUT2D eigenvalue weighted by atomic mass is 9.76. The van der Waals surface area contributed by atoms with Gasteiger partial charge in [-0.05, 0) is 50.7 Å². The summed E-state index contributed by atoms with van der Waals surface area (Å²) in [5.41, 5.74) is 0.847. The van der Waals surface area contributed by atoms with Crippen molar-refractivity contribution in [2.75, 3.05) is 6.61 Å². The first kappa shape index (κ1) is 18.9.